The third-order valence-corrected chi connectivity index (χ3v) is 3.57. The molecule has 2 fully saturated rings. The highest BCUT2D eigenvalue weighted by molar-refractivity contribution is 5.92. The van der Waals surface area contributed by atoms with Crippen LogP contribution in [0.3, 0.4) is 0 Å². The van der Waals surface area contributed by atoms with Crippen molar-refractivity contribution in [1.29, 1.82) is 0 Å². The van der Waals surface area contributed by atoms with Gasteiger partial charge < -0.3 is 15.0 Å². The number of hydrogen-bond donors (Lipinski definition) is 2. The summed E-state index contributed by atoms with van der Waals surface area (Å²) in [5, 5.41) is 9.68. The maximum atomic E-state index is 11.9. The number of ether oxygens (including phenoxy) is 1. The predicted molar refractivity (Wildman–Crippen MR) is 70.4 cm³/mol. The van der Waals surface area contributed by atoms with E-state index < -0.39 is 0 Å². The molecule has 3 rings (SSSR count). The van der Waals surface area contributed by atoms with Gasteiger partial charge in [-0.2, -0.15) is 5.10 Å². The molecule has 0 spiro atoms. The zero-order valence-electron chi connectivity index (χ0n) is 11.2. The molecule has 0 radical (unpaired) electrons. The zero-order valence-corrected chi connectivity index (χ0v) is 11.2. The van der Waals surface area contributed by atoms with E-state index in [1.807, 2.05) is 6.07 Å². The molecule has 2 N–H and O–H groups in total. The molecular formula is C13H18N4O3. The van der Waals surface area contributed by atoms with Crippen LogP contribution in [0.4, 0.5) is 4.79 Å². The fourth-order valence-electron chi connectivity index (χ4n) is 2.25. The van der Waals surface area contributed by atoms with Crippen LogP contribution in [-0.4, -0.2) is 53.3 Å². The molecule has 1 aliphatic carbocycles. The summed E-state index contributed by atoms with van der Waals surface area (Å²) < 4.78 is 4.93. The molecule has 108 valence electrons. The quantitative estimate of drug-likeness (QED) is 0.836. The summed E-state index contributed by atoms with van der Waals surface area (Å²) in [4.78, 5) is 24.9. The molecule has 20 heavy (non-hydrogen) atoms. The summed E-state index contributed by atoms with van der Waals surface area (Å²) in [7, 11) is 0. The van der Waals surface area contributed by atoms with E-state index in [1.54, 1.807) is 4.90 Å². The third-order valence-electron chi connectivity index (χ3n) is 3.57. The second-order valence-electron chi connectivity index (χ2n) is 5.19. The van der Waals surface area contributed by atoms with Gasteiger partial charge in [0, 0.05) is 31.2 Å². The Hall–Kier alpha value is -2.05. The van der Waals surface area contributed by atoms with Crippen LogP contribution in [0.25, 0.3) is 0 Å². The molecule has 0 bridgehead atoms. The highest BCUT2D eigenvalue weighted by Crippen LogP contribution is 2.38. The minimum Gasteiger partial charge on any atom is -0.449 e. The Labute approximate surface area is 116 Å². The SMILES string of the molecule is O=C(NCCN1CCCOC1=O)c1cc(C2CC2)[nH]n1. The van der Waals surface area contributed by atoms with Crippen LogP contribution in [0.1, 0.15) is 41.4 Å². The number of nitrogens with one attached hydrogen (secondary N) is 2. The van der Waals surface area contributed by atoms with Gasteiger partial charge in [-0.15, -0.1) is 0 Å². The molecule has 0 atom stereocenters. The monoisotopic (exact) mass is 278 g/mol. The molecule has 2 amide bonds. The summed E-state index contributed by atoms with van der Waals surface area (Å²) in [5.74, 6) is 0.339. The Kier molecular flexibility index (Phi) is 3.58. The molecule has 1 saturated carbocycles. The maximum Gasteiger partial charge on any atom is 0.409 e. The number of nitrogens with zero attached hydrogens (tertiary/aromatic N) is 2. The molecule has 1 aliphatic heterocycles. The van der Waals surface area contributed by atoms with Crippen molar-refractivity contribution in [2.24, 2.45) is 0 Å². The van der Waals surface area contributed by atoms with Gasteiger partial charge in [-0.25, -0.2) is 4.79 Å². The average molecular weight is 278 g/mol. The molecule has 1 saturated heterocycles. The van der Waals surface area contributed by atoms with Gasteiger partial charge >= 0.3 is 6.09 Å². The van der Waals surface area contributed by atoms with Crippen LogP contribution >= 0.6 is 0 Å². The fraction of sp³-hybridized carbons (Fsp3) is 0.615. The Bertz CT molecular complexity index is 509. The fourth-order valence-corrected chi connectivity index (χ4v) is 2.25. The van der Waals surface area contributed by atoms with Gasteiger partial charge in [0.2, 0.25) is 0 Å². The number of aromatic amines is 1. The summed E-state index contributed by atoms with van der Waals surface area (Å²) in [6, 6.07) is 1.81. The first-order chi connectivity index (χ1) is 9.74. The lowest BCUT2D eigenvalue weighted by Crippen LogP contribution is -2.42. The number of rotatable bonds is 5. The van der Waals surface area contributed by atoms with E-state index >= 15 is 0 Å². The second kappa shape index (κ2) is 5.52. The van der Waals surface area contributed by atoms with Gasteiger partial charge in [0.25, 0.3) is 5.91 Å². The van der Waals surface area contributed by atoms with E-state index in [0.29, 0.717) is 37.9 Å². The van der Waals surface area contributed by atoms with Crippen molar-refractivity contribution in [2.45, 2.75) is 25.2 Å². The Morgan fingerprint density at radius 3 is 3.15 bits per heavy atom. The standard InChI is InChI=1S/C13H18N4O3/c18-12(11-8-10(15-16-11)9-2-3-9)14-4-6-17-5-1-7-20-13(17)19/h8-9H,1-7H2,(H,14,18)(H,15,16). The van der Waals surface area contributed by atoms with E-state index in [9.17, 15) is 9.59 Å². The highest BCUT2D eigenvalue weighted by atomic mass is 16.6. The van der Waals surface area contributed by atoms with Gasteiger partial charge in [0.1, 0.15) is 5.69 Å². The van der Waals surface area contributed by atoms with E-state index in [2.05, 4.69) is 15.5 Å². The average Bonchev–Trinajstić information content (AvgIpc) is 3.18. The number of carbonyl (C=O) groups is 2. The largest absolute Gasteiger partial charge is 0.449 e. The Morgan fingerprint density at radius 1 is 1.55 bits per heavy atom. The van der Waals surface area contributed by atoms with Crippen molar-refractivity contribution in [1.82, 2.24) is 20.4 Å². The molecule has 0 aromatic carbocycles. The van der Waals surface area contributed by atoms with Crippen molar-refractivity contribution >= 4 is 12.0 Å². The molecule has 7 heteroatoms. The summed E-state index contributed by atoms with van der Waals surface area (Å²) in [5.41, 5.74) is 1.45. The van der Waals surface area contributed by atoms with Crippen molar-refractivity contribution in [3.63, 3.8) is 0 Å². The van der Waals surface area contributed by atoms with Crippen LogP contribution < -0.4 is 5.32 Å². The maximum absolute atomic E-state index is 11.9. The molecule has 1 aromatic rings. The number of H-pyrrole nitrogens is 1. The summed E-state index contributed by atoms with van der Waals surface area (Å²) >= 11 is 0. The predicted octanol–water partition coefficient (Wildman–Crippen LogP) is 0.859. The molecule has 1 aromatic heterocycles. The number of hydrogen-bond acceptors (Lipinski definition) is 4. The number of cyclic esters (lactones) is 1. The van der Waals surface area contributed by atoms with Crippen molar-refractivity contribution < 1.29 is 14.3 Å². The van der Waals surface area contributed by atoms with Crippen LogP contribution in [0.2, 0.25) is 0 Å². The highest BCUT2D eigenvalue weighted by Gasteiger charge is 2.26. The molecule has 2 aliphatic rings. The molecular weight excluding hydrogens is 260 g/mol. The third kappa shape index (κ3) is 2.92. The van der Waals surface area contributed by atoms with Crippen molar-refractivity contribution in [3.8, 4) is 0 Å². The van der Waals surface area contributed by atoms with E-state index in [0.717, 1.165) is 12.1 Å². The first kappa shape index (κ1) is 13.0. The smallest absolute Gasteiger partial charge is 0.409 e. The lowest BCUT2D eigenvalue weighted by molar-refractivity contribution is 0.0719. The van der Waals surface area contributed by atoms with Crippen LogP contribution in [0.5, 0.6) is 0 Å². The van der Waals surface area contributed by atoms with E-state index in [-0.39, 0.29) is 12.0 Å². The lowest BCUT2D eigenvalue weighted by Gasteiger charge is -2.26. The first-order valence-electron chi connectivity index (χ1n) is 6.99. The normalized spacial score (nSPS) is 18.8. The van der Waals surface area contributed by atoms with Crippen LogP contribution in [0, 0.1) is 0 Å². The van der Waals surface area contributed by atoms with Gasteiger partial charge in [0.15, 0.2) is 0 Å². The zero-order chi connectivity index (χ0) is 13.9. The van der Waals surface area contributed by atoms with Crippen molar-refractivity contribution in [2.75, 3.05) is 26.2 Å². The van der Waals surface area contributed by atoms with E-state index in [4.69, 9.17) is 4.74 Å². The second-order valence-corrected chi connectivity index (χ2v) is 5.19. The first-order valence-corrected chi connectivity index (χ1v) is 6.99. The molecule has 2 heterocycles. The minimum absolute atomic E-state index is 0.210. The number of carbonyl (C=O) groups excluding carboxylic acids is 2. The summed E-state index contributed by atoms with van der Waals surface area (Å²) in [6.45, 7) is 2.03. The number of amides is 2. The molecule has 0 unspecified atom stereocenters. The number of aromatic nitrogens is 2. The summed E-state index contributed by atoms with van der Waals surface area (Å²) in [6.07, 6.45) is 2.87. The lowest BCUT2D eigenvalue weighted by atomic mass is 10.2. The topological polar surface area (TPSA) is 87.3 Å². The van der Waals surface area contributed by atoms with Gasteiger partial charge in [-0.3, -0.25) is 9.89 Å². The van der Waals surface area contributed by atoms with Gasteiger partial charge in [-0.05, 0) is 25.3 Å². The van der Waals surface area contributed by atoms with E-state index in [1.165, 1.54) is 12.8 Å². The Balaban J connectivity index is 1.45. The van der Waals surface area contributed by atoms with Crippen molar-refractivity contribution in [3.05, 3.63) is 17.5 Å². The van der Waals surface area contributed by atoms with Crippen LogP contribution in [0.15, 0.2) is 6.07 Å². The van der Waals surface area contributed by atoms with Crippen LogP contribution in [-0.2, 0) is 4.74 Å². The molecule has 7 nitrogen and oxygen atoms in total. The van der Waals surface area contributed by atoms with Gasteiger partial charge in [0.05, 0.1) is 6.61 Å². The minimum atomic E-state index is -0.304. The Morgan fingerprint density at radius 2 is 2.40 bits per heavy atom. The van der Waals surface area contributed by atoms with Gasteiger partial charge in [-0.1, -0.05) is 0 Å².